The van der Waals surface area contributed by atoms with Crippen molar-refractivity contribution in [1.82, 2.24) is 0 Å². The summed E-state index contributed by atoms with van der Waals surface area (Å²) < 4.78 is 10.7. The second-order valence-electron chi connectivity index (χ2n) is 6.42. The number of anilines is 1. The predicted molar refractivity (Wildman–Crippen MR) is 95.0 cm³/mol. The van der Waals surface area contributed by atoms with Crippen molar-refractivity contribution in [3.63, 3.8) is 0 Å². The van der Waals surface area contributed by atoms with E-state index >= 15 is 0 Å². The molecule has 3 rings (SSSR count). The summed E-state index contributed by atoms with van der Waals surface area (Å²) in [4.78, 5) is 12.9. The number of rotatable bonds is 5. The Morgan fingerprint density at radius 1 is 1.00 bits per heavy atom. The van der Waals surface area contributed by atoms with E-state index in [0.29, 0.717) is 11.5 Å². The fourth-order valence-corrected chi connectivity index (χ4v) is 3.10. The van der Waals surface area contributed by atoms with Gasteiger partial charge in [0.15, 0.2) is 11.5 Å². The predicted octanol–water partition coefficient (Wildman–Crippen LogP) is 3.99. The molecule has 1 saturated carbocycles. The van der Waals surface area contributed by atoms with Crippen LogP contribution in [0.5, 0.6) is 11.5 Å². The Morgan fingerprint density at radius 3 is 2.29 bits per heavy atom. The van der Waals surface area contributed by atoms with Crippen LogP contribution in [-0.4, -0.2) is 20.1 Å². The van der Waals surface area contributed by atoms with E-state index in [1.807, 2.05) is 44.2 Å². The number of carbonyl (C=O) groups is 1. The molecule has 0 atom stereocenters. The van der Waals surface area contributed by atoms with Gasteiger partial charge in [0, 0.05) is 5.69 Å². The second-order valence-corrected chi connectivity index (χ2v) is 6.42. The van der Waals surface area contributed by atoms with Gasteiger partial charge in [-0.25, -0.2) is 0 Å². The second kappa shape index (κ2) is 6.19. The summed E-state index contributed by atoms with van der Waals surface area (Å²) in [5.74, 6) is 1.37. The number of methoxy groups -OCH3 is 2. The average Bonchev–Trinajstić information content (AvgIpc) is 3.38. The minimum Gasteiger partial charge on any atom is -0.493 e. The van der Waals surface area contributed by atoms with E-state index in [1.165, 1.54) is 5.56 Å². The molecule has 0 spiro atoms. The Labute approximate surface area is 142 Å². The molecule has 2 aromatic carbocycles. The van der Waals surface area contributed by atoms with Crippen LogP contribution in [0.4, 0.5) is 5.69 Å². The molecule has 0 aromatic heterocycles. The SMILES string of the molecule is COc1ccc(C2(C(=O)Nc3ccc(C)cc3C)CC2)cc1OC. The number of ether oxygens (including phenoxy) is 2. The Kier molecular flexibility index (Phi) is 4.22. The zero-order valence-electron chi connectivity index (χ0n) is 14.6. The Bertz CT molecular complexity index is 778. The third-order valence-electron chi connectivity index (χ3n) is 4.75. The van der Waals surface area contributed by atoms with Crippen LogP contribution in [0.25, 0.3) is 0 Å². The third kappa shape index (κ3) is 2.84. The van der Waals surface area contributed by atoms with Crippen LogP contribution in [-0.2, 0) is 10.2 Å². The number of hydrogen-bond acceptors (Lipinski definition) is 3. The minimum atomic E-state index is -0.461. The largest absolute Gasteiger partial charge is 0.493 e. The quantitative estimate of drug-likeness (QED) is 0.904. The lowest BCUT2D eigenvalue weighted by Crippen LogP contribution is -2.28. The number of nitrogens with one attached hydrogen (secondary N) is 1. The summed E-state index contributed by atoms with van der Waals surface area (Å²) in [6, 6.07) is 11.8. The van der Waals surface area contributed by atoms with Gasteiger partial charge in [0.1, 0.15) is 0 Å². The van der Waals surface area contributed by atoms with Crippen molar-refractivity contribution in [2.45, 2.75) is 32.1 Å². The summed E-state index contributed by atoms with van der Waals surface area (Å²) in [6.07, 6.45) is 1.69. The van der Waals surface area contributed by atoms with Crippen LogP contribution in [0.1, 0.15) is 29.5 Å². The van der Waals surface area contributed by atoms with E-state index in [1.54, 1.807) is 14.2 Å². The van der Waals surface area contributed by atoms with Crippen LogP contribution < -0.4 is 14.8 Å². The highest BCUT2D eigenvalue weighted by Crippen LogP contribution is 2.50. The van der Waals surface area contributed by atoms with Gasteiger partial charge in [-0.1, -0.05) is 23.8 Å². The summed E-state index contributed by atoms with van der Waals surface area (Å²) in [7, 11) is 3.22. The third-order valence-corrected chi connectivity index (χ3v) is 4.75. The van der Waals surface area contributed by atoms with Crippen molar-refractivity contribution < 1.29 is 14.3 Å². The molecule has 1 aliphatic carbocycles. The lowest BCUT2D eigenvalue weighted by atomic mass is 9.94. The fourth-order valence-electron chi connectivity index (χ4n) is 3.10. The lowest BCUT2D eigenvalue weighted by molar-refractivity contribution is -0.118. The number of hydrogen-bond donors (Lipinski definition) is 1. The monoisotopic (exact) mass is 325 g/mol. The van der Waals surface area contributed by atoms with Gasteiger partial charge in [0.2, 0.25) is 5.91 Å². The Morgan fingerprint density at radius 2 is 1.71 bits per heavy atom. The maximum atomic E-state index is 12.9. The van der Waals surface area contributed by atoms with Crippen LogP contribution in [0, 0.1) is 13.8 Å². The maximum Gasteiger partial charge on any atom is 0.235 e. The average molecular weight is 325 g/mol. The van der Waals surface area contributed by atoms with Crippen LogP contribution in [0.3, 0.4) is 0 Å². The molecule has 0 bridgehead atoms. The Balaban J connectivity index is 1.86. The van der Waals surface area contributed by atoms with E-state index in [0.717, 1.165) is 29.7 Å². The van der Waals surface area contributed by atoms with E-state index in [-0.39, 0.29) is 5.91 Å². The number of carbonyl (C=O) groups excluding carboxylic acids is 1. The molecule has 24 heavy (non-hydrogen) atoms. The molecule has 4 heteroatoms. The molecule has 2 aromatic rings. The summed E-state index contributed by atoms with van der Waals surface area (Å²) >= 11 is 0. The van der Waals surface area contributed by atoms with Gasteiger partial charge in [-0.3, -0.25) is 4.79 Å². The zero-order valence-corrected chi connectivity index (χ0v) is 14.6. The highest BCUT2D eigenvalue weighted by molar-refractivity contribution is 6.02. The molecule has 4 nitrogen and oxygen atoms in total. The number of amides is 1. The molecule has 126 valence electrons. The minimum absolute atomic E-state index is 0.0432. The summed E-state index contributed by atoms with van der Waals surface area (Å²) in [6.45, 7) is 4.06. The van der Waals surface area contributed by atoms with Crippen LogP contribution in [0.15, 0.2) is 36.4 Å². The highest BCUT2D eigenvalue weighted by atomic mass is 16.5. The van der Waals surface area contributed by atoms with Gasteiger partial charge < -0.3 is 14.8 Å². The van der Waals surface area contributed by atoms with Gasteiger partial charge in [-0.05, 0) is 56.0 Å². The maximum absolute atomic E-state index is 12.9. The first-order valence-corrected chi connectivity index (χ1v) is 8.11. The van der Waals surface area contributed by atoms with Gasteiger partial charge >= 0.3 is 0 Å². The molecule has 0 radical (unpaired) electrons. The number of benzene rings is 2. The first-order chi connectivity index (χ1) is 11.5. The van der Waals surface area contributed by atoms with Crippen molar-refractivity contribution in [3.05, 3.63) is 53.1 Å². The van der Waals surface area contributed by atoms with E-state index in [2.05, 4.69) is 11.4 Å². The van der Waals surface area contributed by atoms with Crippen molar-refractivity contribution >= 4 is 11.6 Å². The number of aryl methyl sites for hydroxylation is 2. The molecule has 1 amide bonds. The van der Waals surface area contributed by atoms with Crippen molar-refractivity contribution in [2.24, 2.45) is 0 Å². The zero-order chi connectivity index (χ0) is 17.3. The molecule has 0 aliphatic heterocycles. The highest BCUT2D eigenvalue weighted by Gasteiger charge is 2.51. The van der Waals surface area contributed by atoms with Crippen LogP contribution >= 0.6 is 0 Å². The summed E-state index contributed by atoms with van der Waals surface area (Å²) in [5.41, 5.74) is 3.65. The van der Waals surface area contributed by atoms with Gasteiger partial charge in [-0.2, -0.15) is 0 Å². The lowest BCUT2D eigenvalue weighted by Gasteiger charge is -2.18. The molecular formula is C20H23NO3. The summed E-state index contributed by atoms with van der Waals surface area (Å²) in [5, 5.41) is 3.09. The van der Waals surface area contributed by atoms with Crippen molar-refractivity contribution in [2.75, 3.05) is 19.5 Å². The molecule has 0 saturated heterocycles. The van der Waals surface area contributed by atoms with Gasteiger partial charge in [-0.15, -0.1) is 0 Å². The topological polar surface area (TPSA) is 47.6 Å². The molecule has 1 aliphatic rings. The Hall–Kier alpha value is -2.49. The smallest absolute Gasteiger partial charge is 0.235 e. The molecule has 0 unspecified atom stereocenters. The first-order valence-electron chi connectivity index (χ1n) is 8.11. The molecule has 1 fully saturated rings. The van der Waals surface area contributed by atoms with E-state index in [9.17, 15) is 4.79 Å². The van der Waals surface area contributed by atoms with E-state index in [4.69, 9.17) is 9.47 Å². The van der Waals surface area contributed by atoms with Gasteiger partial charge in [0.05, 0.1) is 19.6 Å². The molecular weight excluding hydrogens is 302 g/mol. The van der Waals surface area contributed by atoms with Crippen LogP contribution in [0.2, 0.25) is 0 Å². The normalized spacial score (nSPS) is 14.8. The first kappa shape index (κ1) is 16.4. The van der Waals surface area contributed by atoms with Crippen molar-refractivity contribution in [1.29, 1.82) is 0 Å². The fraction of sp³-hybridized carbons (Fsp3) is 0.350. The van der Waals surface area contributed by atoms with Crippen molar-refractivity contribution in [3.8, 4) is 11.5 Å². The molecule has 1 N–H and O–H groups in total. The van der Waals surface area contributed by atoms with E-state index < -0.39 is 5.41 Å². The molecule has 0 heterocycles. The standard InChI is InChI=1S/C20H23NO3/c1-13-5-7-16(14(2)11-13)21-19(22)20(9-10-20)15-6-8-17(23-3)18(12-15)24-4/h5-8,11-12H,9-10H2,1-4H3,(H,21,22). The van der Waals surface area contributed by atoms with Gasteiger partial charge in [0.25, 0.3) is 0 Å².